The lowest BCUT2D eigenvalue weighted by atomic mass is 9.78. The SMILES string of the molecule is Cc1ccc(B(O)O)c(F)c1C. The number of benzene rings is 1. The van der Waals surface area contributed by atoms with E-state index in [2.05, 4.69) is 0 Å². The van der Waals surface area contributed by atoms with Gasteiger partial charge in [-0.3, -0.25) is 0 Å². The van der Waals surface area contributed by atoms with E-state index in [9.17, 15) is 4.39 Å². The zero-order valence-electron chi connectivity index (χ0n) is 7.00. The minimum Gasteiger partial charge on any atom is -0.423 e. The van der Waals surface area contributed by atoms with Crippen molar-refractivity contribution in [1.82, 2.24) is 0 Å². The summed E-state index contributed by atoms with van der Waals surface area (Å²) < 4.78 is 13.2. The van der Waals surface area contributed by atoms with E-state index >= 15 is 0 Å². The topological polar surface area (TPSA) is 40.5 Å². The van der Waals surface area contributed by atoms with Gasteiger partial charge in [-0.05, 0) is 25.0 Å². The van der Waals surface area contributed by atoms with E-state index in [1.165, 1.54) is 6.07 Å². The highest BCUT2D eigenvalue weighted by molar-refractivity contribution is 6.58. The Morgan fingerprint density at radius 3 is 2.33 bits per heavy atom. The van der Waals surface area contributed by atoms with Crippen molar-refractivity contribution in [3.8, 4) is 0 Å². The van der Waals surface area contributed by atoms with Crippen molar-refractivity contribution in [3.63, 3.8) is 0 Å². The molecule has 0 amide bonds. The molecule has 2 N–H and O–H groups in total. The summed E-state index contributed by atoms with van der Waals surface area (Å²) in [5.74, 6) is -0.537. The second-order valence-electron chi connectivity index (χ2n) is 2.78. The van der Waals surface area contributed by atoms with Crippen molar-refractivity contribution in [1.29, 1.82) is 0 Å². The molecule has 0 aliphatic heterocycles. The molecule has 0 radical (unpaired) electrons. The quantitative estimate of drug-likeness (QED) is 0.584. The van der Waals surface area contributed by atoms with Gasteiger partial charge in [0.25, 0.3) is 0 Å². The van der Waals surface area contributed by atoms with E-state index in [-0.39, 0.29) is 5.46 Å². The van der Waals surface area contributed by atoms with Gasteiger partial charge in [-0.2, -0.15) is 0 Å². The average Bonchev–Trinajstić information content (AvgIpc) is 2.00. The van der Waals surface area contributed by atoms with Gasteiger partial charge in [-0.1, -0.05) is 12.1 Å². The van der Waals surface area contributed by atoms with Gasteiger partial charge < -0.3 is 10.0 Å². The first-order valence-electron chi connectivity index (χ1n) is 3.65. The van der Waals surface area contributed by atoms with Crippen LogP contribution in [-0.4, -0.2) is 17.2 Å². The molecule has 0 saturated heterocycles. The van der Waals surface area contributed by atoms with E-state index in [0.717, 1.165) is 5.56 Å². The van der Waals surface area contributed by atoms with Gasteiger partial charge in [0.15, 0.2) is 0 Å². The molecule has 1 rings (SSSR count). The van der Waals surface area contributed by atoms with Gasteiger partial charge in [0.2, 0.25) is 0 Å². The van der Waals surface area contributed by atoms with Gasteiger partial charge >= 0.3 is 7.12 Å². The fourth-order valence-electron chi connectivity index (χ4n) is 1.00. The Morgan fingerprint density at radius 2 is 1.83 bits per heavy atom. The minimum atomic E-state index is -1.73. The van der Waals surface area contributed by atoms with Crippen molar-refractivity contribution in [2.75, 3.05) is 0 Å². The van der Waals surface area contributed by atoms with Crippen LogP contribution < -0.4 is 5.46 Å². The maximum atomic E-state index is 13.2. The number of rotatable bonds is 1. The third-order valence-electron chi connectivity index (χ3n) is 1.97. The third-order valence-corrected chi connectivity index (χ3v) is 1.97. The number of halogens is 1. The first kappa shape index (κ1) is 9.22. The van der Waals surface area contributed by atoms with Crippen LogP contribution in [0.15, 0.2) is 12.1 Å². The molecule has 1 aromatic carbocycles. The van der Waals surface area contributed by atoms with Crippen LogP contribution in [0.1, 0.15) is 11.1 Å². The number of aryl methyl sites for hydroxylation is 1. The molecule has 1 aromatic rings. The molecular formula is C8H10BFO2. The molecule has 0 atom stereocenters. The Bertz CT molecular complexity index is 299. The molecule has 0 bridgehead atoms. The molecule has 0 fully saturated rings. The third kappa shape index (κ3) is 1.49. The normalized spacial score (nSPS) is 10.1. The Kier molecular flexibility index (Phi) is 2.50. The van der Waals surface area contributed by atoms with E-state index in [0.29, 0.717) is 5.56 Å². The van der Waals surface area contributed by atoms with Crippen LogP contribution in [0.25, 0.3) is 0 Å². The molecule has 0 spiro atoms. The van der Waals surface area contributed by atoms with Crippen LogP contribution in [-0.2, 0) is 0 Å². The van der Waals surface area contributed by atoms with Crippen LogP contribution >= 0.6 is 0 Å². The highest BCUT2D eigenvalue weighted by Crippen LogP contribution is 2.08. The second kappa shape index (κ2) is 3.25. The number of hydrogen-bond donors (Lipinski definition) is 2. The smallest absolute Gasteiger partial charge is 0.423 e. The van der Waals surface area contributed by atoms with E-state index in [1.54, 1.807) is 19.9 Å². The van der Waals surface area contributed by atoms with Gasteiger partial charge in [0, 0.05) is 5.46 Å². The summed E-state index contributed by atoms with van der Waals surface area (Å²) in [6.07, 6.45) is 0. The van der Waals surface area contributed by atoms with Crippen molar-refractivity contribution in [3.05, 3.63) is 29.1 Å². The summed E-state index contributed by atoms with van der Waals surface area (Å²) in [6, 6.07) is 3.04. The second-order valence-corrected chi connectivity index (χ2v) is 2.78. The van der Waals surface area contributed by atoms with Crippen molar-refractivity contribution < 1.29 is 14.4 Å². The summed E-state index contributed by atoms with van der Waals surface area (Å²) in [4.78, 5) is 0. The molecule has 2 nitrogen and oxygen atoms in total. The van der Waals surface area contributed by atoms with Crippen molar-refractivity contribution >= 4 is 12.6 Å². The summed E-state index contributed by atoms with van der Waals surface area (Å²) in [5.41, 5.74) is 1.19. The van der Waals surface area contributed by atoms with Gasteiger partial charge in [0.1, 0.15) is 5.82 Å². The predicted molar refractivity (Wildman–Crippen MR) is 45.7 cm³/mol. The van der Waals surface area contributed by atoms with Crippen LogP contribution in [0.4, 0.5) is 4.39 Å². The van der Waals surface area contributed by atoms with E-state index < -0.39 is 12.9 Å². The highest BCUT2D eigenvalue weighted by atomic mass is 19.1. The maximum Gasteiger partial charge on any atom is 0.491 e. The van der Waals surface area contributed by atoms with Crippen molar-refractivity contribution in [2.45, 2.75) is 13.8 Å². The molecule has 0 saturated carbocycles. The molecule has 64 valence electrons. The molecule has 12 heavy (non-hydrogen) atoms. The van der Waals surface area contributed by atoms with Gasteiger partial charge in [-0.25, -0.2) is 4.39 Å². The zero-order chi connectivity index (χ0) is 9.30. The lowest BCUT2D eigenvalue weighted by Crippen LogP contribution is -2.33. The van der Waals surface area contributed by atoms with Crippen LogP contribution in [0.2, 0.25) is 0 Å². The molecule has 0 unspecified atom stereocenters. The fourth-order valence-corrected chi connectivity index (χ4v) is 1.00. The minimum absolute atomic E-state index is 0.0712. The fraction of sp³-hybridized carbons (Fsp3) is 0.250. The highest BCUT2D eigenvalue weighted by Gasteiger charge is 2.17. The number of hydrogen-bond acceptors (Lipinski definition) is 2. The Hall–Kier alpha value is -0.865. The summed E-state index contributed by atoms with van der Waals surface area (Å²) >= 11 is 0. The lowest BCUT2D eigenvalue weighted by molar-refractivity contribution is 0.423. The molecule has 0 heterocycles. The summed E-state index contributed by atoms with van der Waals surface area (Å²) in [7, 11) is -1.73. The molecule has 0 aromatic heterocycles. The monoisotopic (exact) mass is 168 g/mol. The predicted octanol–water partition coefficient (Wildman–Crippen LogP) is 0.122. The molecular weight excluding hydrogens is 158 g/mol. The first-order chi connectivity index (χ1) is 5.54. The summed E-state index contributed by atoms with van der Waals surface area (Å²) in [6.45, 7) is 3.38. The van der Waals surface area contributed by atoms with E-state index in [1.807, 2.05) is 0 Å². The largest absolute Gasteiger partial charge is 0.491 e. The molecule has 0 aliphatic carbocycles. The Morgan fingerprint density at radius 1 is 1.25 bits per heavy atom. The van der Waals surface area contributed by atoms with E-state index in [4.69, 9.17) is 10.0 Å². The van der Waals surface area contributed by atoms with Crippen molar-refractivity contribution in [2.24, 2.45) is 0 Å². The first-order valence-corrected chi connectivity index (χ1v) is 3.65. The maximum absolute atomic E-state index is 13.2. The standard InChI is InChI=1S/C8H10BFO2/c1-5-3-4-7(9(11)12)8(10)6(5)2/h3-4,11-12H,1-2H3. The average molecular weight is 168 g/mol. The molecule has 4 heteroatoms. The zero-order valence-corrected chi connectivity index (χ0v) is 7.00. The Balaban J connectivity index is 3.27. The van der Waals surface area contributed by atoms with Gasteiger partial charge in [0.05, 0.1) is 0 Å². The summed E-state index contributed by atoms with van der Waals surface area (Å²) in [5, 5.41) is 17.5. The Labute approximate surface area is 70.8 Å². The van der Waals surface area contributed by atoms with Crippen LogP contribution in [0.5, 0.6) is 0 Å². The van der Waals surface area contributed by atoms with Gasteiger partial charge in [-0.15, -0.1) is 0 Å². The molecule has 0 aliphatic rings. The van der Waals surface area contributed by atoms with Crippen LogP contribution in [0.3, 0.4) is 0 Å². The van der Waals surface area contributed by atoms with Crippen LogP contribution in [0, 0.1) is 19.7 Å². The lowest BCUT2D eigenvalue weighted by Gasteiger charge is -2.06.